The predicted molar refractivity (Wildman–Crippen MR) is 86.8 cm³/mol. The SMILES string of the molecule is Cl.c1ccc(-c2noc(CN3CCC4(CCNC4)C3)n2)cc1. The number of benzene rings is 1. The summed E-state index contributed by atoms with van der Waals surface area (Å²) in [5.41, 5.74) is 1.49. The van der Waals surface area contributed by atoms with Gasteiger partial charge in [0.05, 0.1) is 6.54 Å². The topological polar surface area (TPSA) is 54.2 Å². The molecule has 1 aromatic carbocycles. The van der Waals surface area contributed by atoms with Gasteiger partial charge >= 0.3 is 0 Å². The summed E-state index contributed by atoms with van der Waals surface area (Å²) in [4.78, 5) is 6.96. The van der Waals surface area contributed by atoms with Crippen molar-refractivity contribution in [1.29, 1.82) is 0 Å². The maximum atomic E-state index is 5.41. The zero-order valence-corrected chi connectivity index (χ0v) is 13.3. The van der Waals surface area contributed by atoms with Crippen molar-refractivity contribution < 1.29 is 4.52 Å². The Hall–Kier alpha value is -1.43. The van der Waals surface area contributed by atoms with Gasteiger partial charge in [-0.2, -0.15) is 4.98 Å². The van der Waals surface area contributed by atoms with Gasteiger partial charge < -0.3 is 9.84 Å². The summed E-state index contributed by atoms with van der Waals surface area (Å²) < 4.78 is 5.41. The van der Waals surface area contributed by atoms with E-state index in [1.807, 2.05) is 30.3 Å². The molecule has 4 rings (SSSR count). The van der Waals surface area contributed by atoms with Crippen molar-refractivity contribution in [2.75, 3.05) is 26.2 Å². The quantitative estimate of drug-likeness (QED) is 0.940. The summed E-state index contributed by atoms with van der Waals surface area (Å²) in [5, 5.41) is 7.58. The van der Waals surface area contributed by atoms with Gasteiger partial charge in [-0.1, -0.05) is 35.5 Å². The van der Waals surface area contributed by atoms with Crippen molar-refractivity contribution in [2.24, 2.45) is 5.41 Å². The second kappa shape index (κ2) is 6.36. The average molecular weight is 321 g/mol. The lowest BCUT2D eigenvalue weighted by Gasteiger charge is -2.21. The lowest BCUT2D eigenvalue weighted by molar-refractivity contribution is 0.236. The molecule has 22 heavy (non-hydrogen) atoms. The Bertz CT molecular complexity index is 610. The van der Waals surface area contributed by atoms with Crippen molar-refractivity contribution in [1.82, 2.24) is 20.4 Å². The summed E-state index contributed by atoms with van der Waals surface area (Å²) in [7, 11) is 0. The van der Waals surface area contributed by atoms with Gasteiger partial charge in [-0.3, -0.25) is 4.90 Å². The van der Waals surface area contributed by atoms with Crippen LogP contribution in [0.15, 0.2) is 34.9 Å². The molecule has 0 saturated carbocycles. The summed E-state index contributed by atoms with van der Waals surface area (Å²) in [6.45, 7) is 5.35. The van der Waals surface area contributed by atoms with Crippen LogP contribution in [-0.2, 0) is 6.54 Å². The van der Waals surface area contributed by atoms with Crippen LogP contribution in [0.2, 0.25) is 0 Å². The molecule has 6 heteroatoms. The Labute approximate surface area is 136 Å². The highest BCUT2D eigenvalue weighted by molar-refractivity contribution is 5.85. The summed E-state index contributed by atoms with van der Waals surface area (Å²) >= 11 is 0. The van der Waals surface area contributed by atoms with E-state index in [2.05, 4.69) is 20.4 Å². The molecule has 0 amide bonds. The van der Waals surface area contributed by atoms with E-state index in [1.165, 1.54) is 12.8 Å². The van der Waals surface area contributed by atoms with Crippen molar-refractivity contribution in [2.45, 2.75) is 19.4 Å². The molecule has 2 aliphatic heterocycles. The molecule has 1 N–H and O–H groups in total. The third-order valence-electron chi connectivity index (χ3n) is 4.71. The number of likely N-dealkylation sites (tertiary alicyclic amines) is 1. The first-order chi connectivity index (χ1) is 10.3. The average Bonchev–Trinajstić information content (AvgIpc) is 3.24. The fraction of sp³-hybridized carbons (Fsp3) is 0.500. The highest BCUT2D eigenvalue weighted by atomic mass is 35.5. The van der Waals surface area contributed by atoms with Crippen LogP contribution in [-0.4, -0.2) is 41.2 Å². The Morgan fingerprint density at radius 2 is 2.09 bits per heavy atom. The third kappa shape index (κ3) is 3.02. The van der Waals surface area contributed by atoms with Gasteiger partial charge in [-0.25, -0.2) is 0 Å². The second-order valence-electron chi connectivity index (χ2n) is 6.27. The lowest BCUT2D eigenvalue weighted by Crippen LogP contribution is -2.29. The van der Waals surface area contributed by atoms with Gasteiger partial charge in [0.1, 0.15) is 0 Å². The van der Waals surface area contributed by atoms with Crippen molar-refractivity contribution >= 4 is 12.4 Å². The number of aromatic nitrogens is 2. The maximum Gasteiger partial charge on any atom is 0.241 e. The molecule has 1 unspecified atom stereocenters. The van der Waals surface area contributed by atoms with Gasteiger partial charge in [0, 0.05) is 18.7 Å². The summed E-state index contributed by atoms with van der Waals surface area (Å²) in [6.07, 6.45) is 2.57. The molecule has 2 fully saturated rings. The number of rotatable bonds is 3. The summed E-state index contributed by atoms with van der Waals surface area (Å²) in [6, 6.07) is 9.97. The van der Waals surface area contributed by atoms with Gasteiger partial charge in [0.25, 0.3) is 0 Å². The number of nitrogens with zero attached hydrogens (tertiary/aromatic N) is 3. The molecule has 0 radical (unpaired) electrons. The van der Waals surface area contributed by atoms with E-state index in [0.717, 1.165) is 44.2 Å². The second-order valence-corrected chi connectivity index (χ2v) is 6.27. The molecule has 1 atom stereocenters. The third-order valence-corrected chi connectivity index (χ3v) is 4.71. The molecule has 3 heterocycles. The first kappa shape index (κ1) is 15.5. The zero-order chi connectivity index (χ0) is 14.1. The van der Waals surface area contributed by atoms with Gasteiger partial charge in [-0.05, 0) is 31.3 Å². The fourth-order valence-electron chi connectivity index (χ4n) is 3.52. The van der Waals surface area contributed by atoms with Gasteiger partial charge in [0.2, 0.25) is 11.7 Å². The number of hydrogen-bond donors (Lipinski definition) is 1. The van der Waals surface area contributed by atoms with E-state index >= 15 is 0 Å². The highest BCUT2D eigenvalue weighted by Gasteiger charge is 2.40. The van der Waals surface area contributed by atoms with Gasteiger partial charge in [-0.15, -0.1) is 12.4 Å². The number of hydrogen-bond acceptors (Lipinski definition) is 5. The Morgan fingerprint density at radius 1 is 1.23 bits per heavy atom. The number of halogens is 1. The van der Waals surface area contributed by atoms with Crippen LogP contribution in [0.3, 0.4) is 0 Å². The first-order valence-electron chi connectivity index (χ1n) is 7.64. The largest absolute Gasteiger partial charge is 0.338 e. The van der Waals surface area contributed by atoms with E-state index < -0.39 is 0 Å². The number of nitrogens with one attached hydrogen (secondary N) is 1. The molecule has 1 spiro atoms. The fourth-order valence-corrected chi connectivity index (χ4v) is 3.52. The smallest absolute Gasteiger partial charge is 0.241 e. The minimum atomic E-state index is 0. The molecule has 5 nitrogen and oxygen atoms in total. The Morgan fingerprint density at radius 3 is 2.86 bits per heavy atom. The molecular weight excluding hydrogens is 300 g/mol. The minimum absolute atomic E-state index is 0. The van der Waals surface area contributed by atoms with E-state index in [0.29, 0.717) is 11.2 Å². The predicted octanol–water partition coefficient (Wildman–Crippen LogP) is 2.34. The molecule has 2 saturated heterocycles. The zero-order valence-electron chi connectivity index (χ0n) is 12.5. The monoisotopic (exact) mass is 320 g/mol. The van der Waals surface area contributed by atoms with E-state index in [1.54, 1.807) is 0 Å². The van der Waals surface area contributed by atoms with Crippen LogP contribution in [0, 0.1) is 5.41 Å². The van der Waals surface area contributed by atoms with Crippen LogP contribution in [0.4, 0.5) is 0 Å². The van der Waals surface area contributed by atoms with Crippen LogP contribution in [0.25, 0.3) is 11.4 Å². The van der Waals surface area contributed by atoms with E-state index in [-0.39, 0.29) is 12.4 Å². The van der Waals surface area contributed by atoms with Crippen LogP contribution < -0.4 is 5.32 Å². The van der Waals surface area contributed by atoms with Gasteiger partial charge in [0.15, 0.2) is 0 Å². The van der Waals surface area contributed by atoms with E-state index in [9.17, 15) is 0 Å². The van der Waals surface area contributed by atoms with Crippen LogP contribution in [0.1, 0.15) is 18.7 Å². The highest BCUT2D eigenvalue weighted by Crippen LogP contribution is 2.36. The van der Waals surface area contributed by atoms with Crippen molar-refractivity contribution in [3.8, 4) is 11.4 Å². The molecule has 0 aliphatic carbocycles. The normalized spacial score (nSPS) is 24.7. The van der Waals surface area contributed by atoms with Crippen molar-refractivity contribution in [3.63, 3.8) is 0 Å². The minimum Gasteiger partial charge on any atom is -0.338 e. The van der Waals surface area contributed by atoms with E-state index in [4.69, 9.17) is 4.52 Å². The Balaban J connectivity index is 0.00000144. The lowest BCUT2D eigenvalue weighted by atomic mass is 9.87. The van der Waals surface area contributed by atoms with Crippen LogP contribution >= 0.6 is 12.4 Å². The molecular formula is C16H21ClN4O. The molecule has 0 bridgehead atoms. The standard InChI is InChI=1S/C16H20N4O.ClH/c1-2-4-13(5-3-1)15-18-14(21-19-15)10-20-9-7-16(12-20)6-8-17-11-16;/h1-5,17H,6-12H2;1H. The summed E-state index contributed by atoms with van der Waals surface area (Å²) in [5.74, 6) is 1.40. The molecule has 2 aliphatic rings. The molecule has 2 aromatic rings. The van der Waals surface area contributed by atoms with Crippen LogP contribution in [0.5, 0.6) is 0 Å². The van der Waals surface area contributed by atoms with Crippen molar-refractivity contribution in [3.05, 3.63) is 36.2 Å². The first-order valence-corrected chi connectivity index (χ1v) is 7.64. The Kier molecular flexibility index (Phi) is 4.47. The molecule has 118 valence electrons. The maximum absolute atomic E-state index is 5.41. The molecule has 1 aromatic heterocycles.